The highest BCUT2D eigenvalue weighted by Crippen LogP contribution is 2.25. The van der Waals surface area contributed by atoms with Crippen LogP contribution in [0.5, 0.6) is 5.75 Å². The Morgan fingerprint density at radius 1 is 1.23 bits per heavy atom. The summed E-state index contributed by atoms with van der Waals surface area (Å²) >= 11 is 0. The maximum Gasteiger partial charge on any atom is 0.338 e. The molecule has 3 aromatic rings. The van der Waals surface area contributed by atoms with Crippen molar-refractivity contribution in [1.29, 1.82) is 0 Å². The van der Waals surface area contributed by atoms with Crippen LogP contribution >= 0.6 is 0 Å². The van der Waals surface area contributed by atoms with Gasteiger partial charge >= 0.3 is 5.69 Å². The van der Waals surface area contributed by atoms with Crippen LogP contribution in [-0.4, -0.2) is 10.1 Å². The van der Waals surface area contributed by atoms with Gasteiger partial charge in [0, 0.05) is 0 Å². The van der Waals surface area contributed by atoms with Gasteiger partial charge in [-0.2, -0.15) is 0 Å². The van der Waals surface area contributed by atoms with E-state index in [-0.39, 0.29) is 23.0 Å². The molecule has 0 unspecified atom stereocenters. The van der Waals surface area contributed by atoms with E-state index in [1.165, 1.54) is 25.1 Å². The fourth-order valence-corrected chi connectivity index (χ4v) is 2.34. The molecule has 0 aliphatic heterocycles. The molecule has 0 saturated heterocycles. The first-order valence-electron chi connectivity index (χ1n) is 7.79. The number of hydrogen-bond acceptors (Lipinski definition) is 5. The molecule has 0 N–H and O–H groups in total. The predicted molar refractivity (Wildman–Crippen MR) is 94.0 cm³/mol. The first kappa shape index (κ1) is 17.3. The lowest BCUT2D eigenvalue weighted by molar-refractivity contribution is -0.386. The average Bonchev–Trinajstić information content (AvgIpc) is 3.01. The normalized spacial score (nSPS) is 11.0. The van der Waals surface area contributed by atoms with Crippen molar-refractivity contribution in [3.8, 4) is 5.75 Å². The fraction of sp³-hybridized carbons (Fsp3) is 0.105. The molecule has 0 radical (unpaired) electrons. The summed E-state index contributed by atoms with van der Waals surface area (Å²) < 4.78 is 23.6. The van der Waals surface area contributed by atoms with Gasteiger partial charge in [0.15, 0.2) is 5.69 Å². The molecule has 6 nitrogen and oxygen atoms in total. The molecule has 0 atom stereocenters. The quantitative estimate of drug-likeness (QED) is 0.470. The first-order chi connectivity index (χ1) is 12.5. The van der Waals surface area contributed by atoms with Gasteiger partial charge in [-0.1, -0.05) is 35.5 Å². The SMILES string of the molecule is Cc1noc(/C=C/c2cccc(OCc3ccc(F)cc3)c2)c1[N+](=O)[O-]. The molecule has 0 aliphatic carbocycles. The molecule has 3 rings (SSSR count). The second-order valence-electron chi connectivity index (χ2n) is 5.56. The van der Waals surface area contributed by atoms with Gasteiger partial charge in [-0.25, -0.2) is 4.39 Å². The number of nitrogens with zero attached hydrogens (tertiary/aromatic N) is 2. The van der Waals surface area contributed by atoms with Crippen molar-refractivity contribution in [1.82, 2.24) is 5.16 Å². The summed E-state index contributed by atoms with van der Waals surface area (Å²) in [6.07, 6.45) is 3.18. The molecule has 0 amide bonds. The summed E-state index contributed by atoms with van der Waals surface area (Å²) in [6.45, 7) is 1.82. The number of rotatable bonds is 6. The highest BCUT2D eigenvalue weighted by atomic mass is 19.1. The summed E-state index contributed by atoms with van der Waals surface area (Å²) in [7, 11) is 0. The van der Waals surface area contributed by atoms with E-state index in [0.717, 1.165) is 11.1 Å². The lowest BCUT2D eigenvalue weighted by Gasteiger charge is -2.07. The molecule has 0 saturated carbocycles. The zero-order valence-electron chi connectivity index (χ0n) is 13.9. The molecule has 26 heavy (non-hydrogen) atoms. The lowest BCUT2D eigenvalue weighted by atomic mass is 10.2. The van der Waals surface area contributed by atoms with Crippen LogP contribution in [0.4, 0.5) is 10.1 Å². The number of ether oxygens (including phenoxy) is 1. The van der Waals surface area contributed by atoms with Gasteiger partial charge in [0.1, 0.15) is 18.2 Å². The lowest BCUT2D eigenvalue weighted by Crippen LogP contribution is -1.95. The highest BCUT2D eigenvalue weighted by Gasteiger charge is 2.21. The molecule has 0 bridgehead atoms. The van der Waals surface area contributed by atoms with Crippen LogP contribution in [0, 0.1) is 22.9 Å². The van der Waals surface area contributed by atoms with E-state index < -0.39 is 4.92 Å². The maximum atomic E-state index is 12.9. The molecule has 2 aromatic carbocycles. The van der Waals surface area contributed by atoms with Crippen LogP contribution in [0.15, 0.2) is 53.1 Å². The Morgan fingerprint density at radius 3 is 2.73 bits per heavy atom. The van der Waals surface area contributed by atoms with Gasteiger partial charge in [-0.15, -0.1) is 0 Å². The standard InChI is InChI=1S/C19H15FN2O4/c1-13-19(22(23)24)18(26-21-13)10-7-14-3-2-4-17(11-14)25-12-15-5-8-16(20)9-6-15/h2-11H,12H2,1H3/b10-7+. The molecule has 0 aliphatic rings. The minimum atomic E-state index is -0.520. The fourth-order valence-electron chi connectivity index (χ4n) is 2.34. The number of aryl methyl sites for hydroxylation is 1. The van der Waals surface area contributed by atoms with E-state index in [1.54, 1.807) is 36.4 Å². The molecule has 0 spiro atoms. The van der Waals surface area contributed by atoms with Crippen LogP contribution in [0.3, 0.4) is 0 Å². The van der Waals surface area contributed by atoms with Crippen LogP contribution in [-0.2, 0) is 6.61 Å². The van der Waals surface area contributed by atoms with Gasteiger partial charge in [-0.05, 0) is 48.4 Å². The molecule has 1 heterocycles. The Morgan fingerprint density at radius 2 is 2.00 bits per heavy atom. The van der Waals surface area contributed by atoms with Crippen LogP contribution < -0.4 is 4.74 Å². The largest absolute Gasteiger partial charge is 0.489 e. The van der Waals surface area contributed by atoms with Crippen molar-refractivity contribution in [2.75, 3.05) is 0 Å². The first-order valence-corrected chi connectivity index (χ1v) is 7.79. The molecule has 0 fully saturated rings. The number of aromatic nitrogens is 1. The number of nitro groups is 1. The Bertz CT molecular complexity index is 948. The smallest absolute Gasteiger partial charge is 0.338 e. The van der Waals surface area contributed by atoms with Gasteiger partial charge in [0.25, 0.3) is 0 Å². The Balaban J connectivity index is 1.71. The Labute approximate surface area is 148 Å². The number of benzene rings is 2. The van der Waals surface area contributed by atoms with Crippen molar-refractivity contribution in [2.45, 2.75) is 13.5 Å². The minimum absolute atomic E-state index is 0.0881. The third kappa shape index (κ3) is 4.13. The minimum Gasteiger partial charge on any atom is -0.489 e. The number of hydrogen-bond donors (Lipinski definition) is 0. The van der Waals surface area contributed by atoms with Gasteiger partial charge in [-0.3, -0.25) is 10.1 Å². The van der Waals surface area contributed by atoms with Gasteiger partial charge in [0.2, 0.25) is 5.76 Å². The average molecular weight is 354 g/mol. The van der Waals surface area contributed by atoms with E-state index in [0.29, 0.717) is 12.4 Å². The molecular weight excluding hydrogens is 339 g/mol. The van der Waals surface area contributed by atoms with Gasteiger partial charge < -0.3 is 9.26 Å². The van der Waals surface area contributed by atoms with Crippen LogP contribution in [0.25, 0.3) is 12.2 Å². The summed E-state index contributed by atoms with van der Waals surface area (Å²) in [5.74, 6) is 0.419. The van der Waals surface area contributed by atoms with Crippen molar-refractivity contribution >= 4 is 17.8 Å². The summed E-state index contributed by atoms with van der Waals surface area (Å²) in [5.41, 5.74) is 1.71. The maximum absolute atomic E-state index is 12.9. The van der Waals surface area contributed by atoms with E-state index in [2.05, 4.69) is 5.16 Å². The predicted octanol–water partition coefficient (Wildman–Crippen LogP) is 4.78. The van der Waals surface area contributed by atoms with Gasteiger partial charge in [0.05, 0.1) is 4.92 Å². The van der Waals surface area contributed by atoms with E-state index in [4.69, 9.17) is 9.26 Å². The summed E-state index contributed by atoms with van der Waals surface area (Å²) in [4.78, 5) is 10.5. The molecular formula is C19H15FN2O4. The number of halogens is 1. The summed E-state index contributed by atoms with van der Waals surface area (Å²) in [6, 6.07) is 13.3. The molecule has 132 valence electrons. The topological polar surface area (TPSA) is 78.4 Å². The van der Waals surface area contributed by atoms with E-state index in [9.17, 15) is 14.5 Å². The monoisotopic (exact) mass is 354 g/mol. The van der Waals surface area contributed by atoms with Crippen molar-refractivity contribution in [2.24, 2.45) is 0 Å². The highest BCUT2D eigenvalue weighted by molar-refractivity contribution is 5.72. The van der Waals surface area contributed by atoms with Crippen molar-refractivity contribution in [3.05, 3.63) is 87.0 Å². The zero-order chi connectivity index (χ0) is 18.5. The van der Waals surface area contributed by atoms with Crippen molar-refractivity contribution < 1.29 is 18.6 Å². The van der Waals surface area contributed by atoms with E-state index >= 15 is 0 Å². The summed E-state index contributed by atoms with van der Waals surface area (Å²) in [5, 5.41) is 14.7. The zero-order valence-corrected chi connectivity index (χ0v) is 13.9. The van der Waals surface area contributed by atoms with Crippen molar-refractivity contribution in [3.63, 3.8) is 0 Å². The second kappa shape index (κ2) is 7.60. The Hall–Kier alpha value is -3.48. The Kier molecular flexibility index (Phi) is 5.07. The van der Waals surface area contributed by atoms with Crippen LogP contribution in [0.1, 0.15) is 22.6 Å². The second-order valence-corrected chi connectivity index (χ2v) is 5.56. The third-order valence-electron chi connectivity index (χ3n) is 3.64. The van der Waals surface area contributed by atoms with E-state index in [1.807, 2.05) is 6.07 Å². The molecule has 1 aromatic heterocycles. The van der Waals surface area contributed by atoms with Crippen LogP contribution in [0.2, 0.25) is 0 Å². The third-order valence-corrected chi connectivity index (χ3v) is 3.64. The molecule has 7 heteroatoms.